The normalized spacial score (nSPS) is 21.2. The van der Waals surface area contributed by atoms with Gasteiger partial charge in [0.05, 0.1) is 11.7 Å². The molecule has 3 N–H and O–H groups in total. The van der Waals surface area contributed by atoms with E-state index in [1.54, 1.807) is 40.0 Å². The van der Waals surface area contributed by atoms with E-state index >= 15 is 0 Å². The van der Waals surface area contributed by atoms with Gasteiger partial charge in [0, 0.05) is 16.2 Å². The van der Waals surface area contributed by atoms with Gasteiger partial charge in [-0.25, -0.2) is 9.78 Å². The van der Waals surface area contributed by atoms with Gasteiger partial charge in [0.1, 0.15) is 6.04 Å². The molecule has 8 heteroatoms. The van der Waals surface area contributed by atoms with Crippen molar-refractivity contribution in [1.29, 1.82) is 0 Å². The van der Waals surface area contributed by atoms with Crippen molar-refractivity contribution in [3.63, 3.8) is 0 Å². The predicted octanol–water partition coefficient (Wildman–Crippen LogP) is 2.74. The second-order valence-corrected chi connectivity index (χ2v) is 7.16. The highest BCUT2D eigenvalue weighted by Gasteiger charge is 2.42. The topological polar surface area (TPSA) is 94.6 Å². The highest BCUT2D eigenvalue weighted by atomic mass is 79.9. The molecular weight excluding hydrogens is 352 g/mol. The molecule has 0 aromatic carbocycles. The number of hydrogen-bond acceptors (Lipinski definition) is 4. The van der Waals surface area contributed by atoms with Crippen LogP contribution in [0.3, 0.4) is 0 Å². The monoisotopic (exact) mass is 370 g/mol. The maximum absolute atomic E-state index is 12.6. The van der Waals surface area contributed by atoms with E-state index in [0.717, 1.165) is 4.47 Å². The van der Waals surface area contributed by atoms with Crippen LogP contribution in [-0.4, -0.2) is 44.6 Å². The van der Waals surface area contributed by atoms with Crippen molar-refractivity contribution in [2.45, 2.75) is 45.3 Å². The van der Waals surface area contributed by atoms with Gasteiger partial charge in [0.2, 0.25) is 0 Å². The van der Waals surface area contributed by atoms with E-state index in [2.05, 4.69) is 31.5 Å². The van der Waals surface area contributed by atoms with Crippen molar-refractivity contribution >= 4 is 39.4 Å². The van der Waals surface area contributed by atoms with Crippen LogP contribution in [0.4, 0.5) is 16.3 Å². The smallest absolute Gasteiger partial charge is 0.408 e. The lowest BCUT2D eigenvalue weighted by atomic mass is 9.99. The number of carbonyl (C=O) groups excluding carboxylic acids is 1. The summed E-state index contributed by atoms with van der Waals surface area (Å²) in [4.78, 5) is 29.6. The zero-order valence-corrected chi connectivity index (χ0v) is 14.4. The van der Waals surface area contributed by atoms with Crippen LogP contribution in [0.25, 0.3) is 0 Å². The number of hydrogen-bond donors (Lipinski definition) is 3. The highest BCUT2D eigenvalue weighted by molar-refractivity contribution is 9.10. The Hall–Kier alpha value is -1.83. The van der Waals surface area contributed by atoms with E-state index < -0.39 is 29.6 Å². The minimum Gasteiger partial charge on any atom is -0.465 e. The average molecular weight is 371 g/mol. The summed E-state index contributed by atoms with van der Waals surface area (Å²) in [6.07, 6.45) is 0.436. The molecule has 1 aromatic heterocycles. The Bertz CT molecular complexity index is 615. The molecule has 0 fully saturated rings. The Balaban J connectivity index is 2.43. The molecule has 0 bridgehead atoms. The van der Waals surface area contributed by atoms with Crippen LogP contribution >= 0.6 is 15.9 Å². The van der Waals surface area contributed by atoms with Crippen LogP contribution in [-0.2, 0) is 4.79 Å². The summed E-state index contributed by atoms with van der Waals surface area (Å²) < 4.78 is 0.768. The minimum atomic E-state index is -1.14. The van der Waals surface area contributed by atoms with Gasteiger partial charge in [-0.3, -0.25) is 9.69 Å². The molecule has 120 valence electrons. The number of anilines is 2. The van der Waals surface area contributed by atoms with Crippen LogP contribution in [0.5, 0.6) is 0 Å². The molecule has 1 aromatic rings. The third-order valence-electron chi connectivity index (χ3n) is 3.43. The number of rotatable bonds is 1. The third-order valence-corrected chi connectivity index (χ3v) is 3.86. The first-order valence-corrected chi connectivity index (χ1v) is 7.66. The second-order valence-electron chi connectivity index (χ2n) is 6.24. The zero-order chi connectivity index (χ0) is 16.7. The van der Waals surface area contributed by atoms with Crippen molar-refractivity contribution in [3.05, 3.63) is 16.7 Å². The van der Waals surface area contributed by atoms with Gasteiger partial charge in [-0.15, -0.1) is 0 Å². The molecule has 2 heterocycles. The summed E-state index contributed by atoms with van der Waals surface area (Å²) in [6.45, 7) is 7.05. The van der Waals surface area contributed by atoms with Crippen molar-refractivity contribution in [2.75, 3.05) is 10.6 Å². The minimum absolute atomic E-state index is 0.391. The zero-order valence-electron chi connectivity index (χ0n) is 12.8. The van der Waals surface area contributed by atoms with Crippen molar-refractivity contribution in [2.24, 2.45) is 0 Å². The van der Waals surface area contributed by atoms with Crippen LogP contribution in [0.1, 0.15) is 27.7 Å². The van der Waals surface area contributed by atoms with E-state index in [0.29, 0.717) is 11.5 Å². The number of fused-ring (bicyclic) bond motifs is 1. The molecule has 7 nitrogen and oxygen atoms in total. The number of carboxylic acid groups (broad SMARTS) is 1. The van der Waals surface area contributed by atoms with Crippen LogP contribution in [0.2, 0.25) is 0 Å². The first kappa shape index (κ1) is 16.5. The molecule has 0 saturated heterocycles. The number of aromatic nitrogens is 1. The predicted molar refractivity (Wildman–Crippen MR) is 87.1 cm³/mol. The fourth-order valence-electron chi connectivity index (χ4n) is 2.55. The van der Waals surface area contributed by atoms with Crippen LogP contribution < -0.4 is 10.6 Å². The number of nitrogens with zero attached hydrogens (tertiary/aromatic N) is 2. The van der Waals surface area contributed by atoms with Gasteiger partial charge >= 0.3 is 6.09 Å². The molecule has 2 rings (SSSR count). The molecule has 2 amide bonds. The molecule has 0 radical (unpaired) electrons. The summed E-state index contributed by atoms with van der Waals surface area (Å²) in [5, 5.41) is 15.4. The molecule has 22 heavy (non-hydrogen) atoms. The van der Waals surface area contributed by atoms with Gasteiger partial charge in [-0.1, -0.05) is 0 Å². The maximum atomic E-state index is 12.6. The van der Waals surface area contributed by atoms with E-state index in [4.69, 9.17) is 0 Å². The summed E-state index contributed by atoms with van der Waals surface area (Å²) in [7, 11) is 0. The Labute approximate surface area is 137 Å². The van der Waals surface area contributed by atoms with E-state index in [-0.39, 0.29) is 0 Å². The quantitative estimate of drug-likeness (QED) is 0.706. The Morgan fingerprint density at radius 1 is 1.45 bits per heavy atom. The van der Waals surface area contributed by atoms with Gasteiger partial charge in [-0.05, 0) is 49.7 Å². The van der Waals surface area contributed by atoms with Crippen molar-refractivity contribution in [3.8, 4) is 0 Å². The first-order chi connectivity index (χ1) is 10.1. The SMILES string of the molecule is C[C@H]1Nc2cc(Br)cnc2NC(=O)[C@H]1N(C(=O)O)C(C)(C)C. The Kier molecular flexibility index (Phi) is 4.32. The number of nitrogens with one attached hydrogen (secondary N) is 2. The van der Waals surface area contributed by atoms with Crippen LogP contribution in [0.15, 0.2) is 16.7 Å². The lowest BCUT2D eigenvalue weighted by Gasteiger charge is -2.40. The highest BCUT2D eigenvalue weighted by Crippen LogP contribution is 2.30. The number of amides is 2. The summed E-state index contributed by atoms with van der Waals surface area (Å²) in [5.41, 5.74) is -0.0640. The number of halogens is 1. The molecule has 0 aliphatic carbocycles. The fourth-order valence-corrected chi connectivity index (χ4v) is 2.89. The standard InChI is InChI=1S/C14H19BrN4O3/c1-7-10(19(13(21)22)14(2,3)4)12(20)18-11-9(17-7)5-8(15)6-16-11/h5-7,10,17H,1-4H3,(H,21,22)(H,16,18,20)/t7-,10+/m1/s1. The molecule has 1 aliphatic rings. The number of carbonyl (C=O) groups is 2. The maximum Gasteiger partial charge on any atom is 0.408 e. The molecule has 1 aliphatic heterocycles. The second kappa shape index (κ2) is 5.75. The third kappa shape index (κ3) is 3.16. The van der Waals surface area contributed by atoms with Crippen molar-refractivity contribution in [1.82, 2.24) is 9.88 Å². The average Bonchev–Trinajstić information content (AvgIpc) is 2.46. The fraction of sp³-hybridized carbons (Fsp3) is 0.500. The van der Waals surface area contributed by atoms with Crippen molar-refractivity contribution < 1.29 is 14.7 Å². The van der Waals surface area contributed by atoms with E-state index in [1.165, 1.54) is 4.90 Å². The number of pyridine rings is 1. The summed E-state index contributed by atoms with van der Waals surface area (Å²) >= 11 is 3.33. The summed E-state index contributed by atoms with van der Waals surface area (Å²) in [6, 6.07) is 0.516. The molecule has 0 unspecified atom stereocenters. The van der Waals surface area contributed by atoms with E-state index in [9.17, 15) is 14.7 Å². The summed E-state index contributed by atoms with van der Waals surface area (Å²) in [5.74, 6) is -0.00676. The van der Waals surface area contributed by atoms with Gasteiger partial charge in [0.25, 0.3) is 5.91 Å². The molecule has 0 saturated carbocycles. The molecule has 0 spiro atoms. The van der Waals surface area contributed by atoms with Crippen LogP contribution in [0, 0.1) is 0 Å². The van der Waals surface area contributed by atoms with Gasteiger partial charge in [0.15, 0.2) is 5.82 Å². The lowest BCUT2D eigenvalue weighted by Crippen LogP contribution is -2.60. The largest absolute Gasteiger partial charge is 0.465 e. The Morgan fingerprint density at radius 2 is 2.09 bits per heavy atom. The Morgan fingerprint density at radius 3 is 2.64 bits per heavy atom. The first-order valence-electron chi connectivity index (χ1n) is 6.86. The van der Waals surface area contributed by atoms with Gasteiger partial charge in [-0.2, -0.15) is 0 Å². The molecular formula is C14H19BrN4O3. The van der Waals surface area contributed by atoms with E-state index in [1.807, 2.05) is 0 Å². The lowest BCUT2D eigenvalue weighted by molar-refractivity contribution is -0.122. The van der Waals surface area contributed by atoms with Gasteiger partial charge < -0.3 is 15.7 Å². The molecule has 2 atom stereocenters.